The number of carbonyl (C=O) groups excluding carboxylic acids is 3. The van der Waals surface area contributed by atoms with Crippen LogP contribution in [0, 0.1) is 0 Å². The van der Waals surface area contributed by atoms with Crippen molar-refractivity contribution in [1.29, 1.82) is 0 Å². The fourth-order valence-electron chi connectivity index (χ4n) is 2.78. The van der Waals surface area contributed by atoms with Crippen LogP contribution >= 0.6 is 35.7 Å². The van der Waals surface area contributed by atoms with Gasteiger partial charge in [0, 0.05) is 13.1 Å². The lowest BCUT2D eigenvalue weighted by Gasteiger charge is -2.19. The molecule has 0 atom stereocenters. The molecule has 0 aromatic rings. The quantitative estimate of drug-likeness (QED) is 0.284. The predicted octanol–water partition coefficient (Wildman–Crippen LogP) is 3.78. The van der Waals surface area contributed by atoms with E-state index in [4.69, 9.17) is 21.7 Å². The van der Waals surface area contributed by atoms with Crippen molar-refractivity contribution in [1.82, 2.24) is 9.80 Å². The van der Waals surface area contributed by atoms with Crippen LogP contribution in [0.3, 0.4) is 0 Å². The van der Waals surface area contributed by atoms with Crippen molar-refractivity contribution in [3.05, 3.63) is 31.9 Å². The van der Waals surface area contributed by atoms with Gasteiger partial charge in [0.15, 0.2) is 5.11 Å². The van der Waals surface area contributed by atoms with E-state index in [0.29, 0.717) is 28.1 Å². The molecule has 30 heavy (non-hydrogen) atoms. The second-order valence-corrected chi connectivity index (χ2v) is 9.21. The minimum Gasteiger partial charge on any atom is -0.465 e. The number of esters is 2. The van der Waals surface area contributed by atoms with E-state index in [0.717, 1.165) is 49.2 Å². The SMILES string of the molecule is CCCCN1C(=O)C(=CC=C2SC(C(=O)OC)=C(C(=O)OC)S2)N(CCCC)C1=S. The highest BCUT2D eigenvalue weighted by Gasteiger charge is 2.37. The van der Waals surface area contributed by atoms with E-state index in [1.54, 1.807) is 17.1 Å². The molecule has 7 nitrogen and oxygen atoms in total. The zero-order valence-corrected chi connectivity index (χ0v) is 20.0. The third-order valence-corrected chi connectivity index (χ3v) is 7.31. The molecule has 2 rings (SSSR count). The number of hydrogen-bond acceptors (Lipinski definition) is 8. The molecule has 0 aromatic heterocycles. The Morgan fingerprint density at radius 3 is 1.90 bits per heavy atom. The lowest BCUT2D eigenvalue weighted by atomic mass is 10.3. The highest BCUT2D eigenvalue weighted by molar-refractivity contribution is 8.29. The number of rotatable bonds is 9. The molecule has 0 radical (unpaired) electrons. The van der Waals surface area contributed by atoms with Gasteiger partial charge in [-0.05, 0) is 37.2 Å². The first-order chi connectivity index (χ1) is 14.4. The summed E-state index contributed by atoms with van der Waals surface area (Å²) in [5.41, 5.74) is 0.504. The summed E-state index contributed by atoms with van der Waals surface area (Å²) in [7, 11) is 2.52. The normalized spacial score (nSPS) is 18.0. The molecule has 2 heterocycles. The maximum absolute atomic E-state index is 13.0. The first-order valence-corrected chi connectivity index (χ1v) is 11.8. The van der Waals surface area contributed by atoms with Crippen molar-refractivity contribution < 1.29 is 23.9 Å². The first kappa shape index (κ1) is 24.5. The largest absolute Gasteiger partial charge is 0.465 e. The Balaban J connectivity index is 2.29. The fourth-order valence-corrected chi connectivity index (χ4v) is 5.42. The monoisotopic (exact) mass is 470 g/mol. The highest BCUT2D eigenvalue weighted by atomic mass is 32.2. The number of allylic oxidation sites excluding steroid dienone is 2. The molecular weight excluding hydrogens is 444 g/mol. The van der Waals surface area contributed by atoms with Gasteiger partial charge in [0.2, 0.25) is 0 Å². The first-order valence-electron chi connectivity index (χ1n) is 9.71. The average molecular weight is 471 g/mol. The standard InChI is InChI=1S/C20H26N2O5S3/c1-5-7-11-21-13(17(23)22(20(21)28)12-8-6-2)9-10-14-29-15(18(24)26-3)16(30-14)19(25)27-4/h9-10H,5-8,11-12H2,1-4H3. The van der Waals surface area contributed by atoms with Gasteiger partial charge >= 0.3 is 11.9 Å². The number of hydrogen-bond donors (Lipinski definition) is 0. The van der Waals surface area contributed by atoms with E-state index in [-0.39, 0.29) is 15.7 Å². The van der Waals surface area contributed by atoms with Gasteiger partial charge in [-0.25, -0.2) is 9.59 Å². The highest BCUT2D eigenvalue weighted by Crippen LogP contribution is 2.50. The summed E-state index contributed by atoms with van der Waals surface area (Å²) in [6.45, 7) is 5.41. The molecule has 2 aliphatic rings. The summed E-state index contributed by atoms with van der Waals surface area (Å²) in [6, 6.07) is 0. The number of carbonyl (C=O) groups is 3. The minimum atomic E-state index is -0.600. The Morgan fingerprint density at radius 1 is 0.933 bits per heavy atom. The van der Waals surface area contributed by atoms with Crippen molar-refractivity contribution in [2.75, 3.05) is 27.3 Å². The minimum absolute atomic E-state index is 0.122. The number of thioether (sulfide) groups is 2. The number of unbranched alkanes of at least 4 members (excludes halogenated alkanes) is 2. The second-order valence-electron chi connectivity index (χ2n) is 6.48. The molecule has 2 aliphatic heterocycles. The number of thiocarbonyl (C=S) groups is 1. The number of ether oxygens (including phenoxy) is 2. The van der Waals surface area contributed by atoms with Crippen LogP contribution in [0.5, 0.6) is 0 Å². The lowest BCUT2D eigenvalue weighted by Crippen LogP contribution is -2.33. The molecule has 0 bridgehead atoms. The van der Waals surface area contributed by atoms with E-state index in [1.807, 2.05) is 4.90 Å². The van der Waals surface area contributed by atoms with Gasteiger partial charge in [-0.3, -0.25) is 9.69 Å². The molecule has 1 saturated heterocycles. The van der Waals surface area contributed by atoms with E-state index in [9.17, 15) is 14.4 Å². The molecule has 164 valence electrons. The zero-order chi connectivity index (χ0) is 22.3. The van der Waals surface area contributed by atoms with Crippen LogP contribution in [-0.2, 0) is 23.9 Å². The summed E-state index contributed by atoms with van der Waals surface area (Å²) >= 11 is 7.80. The molecule has 0 spiro atoms. The molecule has 10 heteroatoms. The molecule has 0 N–H and O–H groups in total. The molecule has 1 amide bonds. The fraction of sp³-hybridized carbons (Fsp3) is 0.500. The third-order valence-electron chi connectivity index (χ3n) is 4.42. The number of methoxy groups -OCH3 is 2. The van der Waals surface area contributed by atoms with E-state index >= 15 is 0 Å². The van der Waals surface area contributed by atoms with E-state index in [1.165, 1.54) is 14.2 Å². The van der Waals surface area contributed by atoms with Crippen molar-refractivity contribution >= 4 is 58.7 Å². The Bertz CT molecular complexity index is 789. The van der Waals surface area contributed by atoms with Gasteiger partial charge in [-0.15, -0.1) is 0 Å². The van der Waals surface area contributed by atoms with Gasteiger partial charge in [-0.2, -0.15) is 0 Å². The summed E-state index contributed by atoms with van der Waals surface area (Å²) < 4.78 is 10.2. The maximum Gasteiger partial charge on any atom is 0.346 e. The van der Waals surface area contributed by atoms with Gasteiger partial charge in [-0.1, -0.05) is 50.2 Å². The van der Waals surface area contributed by atoms with Crippen LogP contribution in [0.15, 0.2) is 31.9 Å². The Hall–Kier alpha value is -1.78. The second kappa shape index (κ2) is 11.6. The Kier molecular flexibility index (Phi) is 9.44. The van der Waals surface area contributed by atoms with Crippen LogP contribution in [0.25, 0.3) is 0 Å². The maximum atomic E-state index is 13.0. The summed E-state index contributed by atoms with van der Waals surface area (Å²) in [4.78, 5) is 40.9. The van der Waals surface area contributed by atoms with Crippen molar-refractivity contribution in [2.24, 2.45) is 0 Å². The summed E-state index contributed by atoms with van der Waals surface area (Å²) in [5.74, 6) is -1.32. The van der Waals surface area contributed by atoms with Crippen molar-refractivity contribution in [2.45, 2.75) is 39.5 Å². The van der Waals surface area contributed by atoms with Crippen LogP contribution < -0.4 is 0 Å². The van der Waals surface area contributed by atoms with Gasteiger partial charge < -0.3 is 14.4 Å². The van der Waals surface area contributed by atoms with Crippen LogP contribution in [0.4, 0.5) is 0 Å². The van der Waals surface area contributed by atoms with Gasteiger partial charge in [0.1, 0.15) is 15.5 Å². The van der Waals surface area contributed by atoms with Crippen LogP contribution in [-0.4, -0.2) is 60.1 Å². The third kappa shape index (κ3) is 5.47. The summed E-state index contributed by atoms with van der Waals surface area (Å²) in [6.07, 6.45) is 7.18. The molecule has 0 saturated carbocycles. The molecule has 0 aliphatic carbocycles. The number of amides is 1. The van der Waals surface area contributed by atoms with Gasteiger partial charge in [0.25, 0.3) is 5.91 Å². The van der Waals surface area contributed by atoms with Crippen molar-refractivity contribution in [3.8, 4) is 0 Å². The molecule has 0 aromatic carbocycles. The van der Waals surface area contributed by atoms with Crippen LogP contribution in [0.2, 0.25) is 0 Å². The zero-order valence-electron chi connectivity index (χ0n) is 17.6. The topological polar surface area (TPSA) is 76.1 Å². The summed E-state index contributed by atoms with van der Waals surface area (Å²) in [5, 5.41) is 0.530. The average Bonchev–Trinajstić information content (AvgIpc) is 3.27. The van der Waals surface area contributed by atoms with Gasteiger partial charge in [0.05, 0.1) is 18.5 Å². The number of nitrogens with zero attached hydrogens (tertiary/aromatic N) is 2. The Labute approximate surface area is 190 Å². The van der Waals surface area contributed by atoms with Crippen LogP contribution in [0.1, 0.15) is 39.5 Å². The lowest BCUT2D eigenvalue weighted by molar-refractivity contribution is -0.138. The van der Waals surface area contributed by atoms with E-state index in [2.05, 4.69) is 13.8 Å². The smallest absolute Gasteiger partial charge is 0.346 e. The van der Waals surface area contributed by atoms with E-state index < -0.39 is 11.9 Å². The molecule has 0 unspecified atom stereocenters. The predicted molar refractivity (Wildman–Crippen MR) is 123 cm³/mol. The molecule has 1 fully saturated rings. The molecular formula is C20H26N2O5S3. The Morgan fingerprint density at radius 2 is 1.43 bits per heavy atom. The van der Waals surface area contributed by atoms with Crippen molar-refractivity contribution in [3.63, 3.8) is 0 Å².